The van der Waals surface area contributed by atoms with Crippen molar-refractivity contribution in [3.8, 4) is 0 Å². The third-order valence-electron chi connectivity index (χ3n) is 2.95. The highest BCUT2D eigenvalue weighted by Crippen LogP contribution is 2.24. The predicted molar refractivity (Wildman–Crippen MR) is 72.1 cm³/mol. The van der Waals surface area contributed by atoms with Gasteiger partial charge in [0.15, 0.2) is 0 Å². The minimum Gasteiger partial charge on any atom is -0.368 e. The molecule has 2 N–H and O–H groups in total. The van der Waals surface area contributed by atoms with E-state index < -0.39 is 22.0 Å². The van der Waals surface area contributed by atoms with Crippen LogP contribution in [0.3, 0.4) is 0 Å². The molecule has 0 bridgehead atoms. The number of aromatic nitrogens is 2. The molecular formula is C10H16N4O3S2. The number of sulfonamides is 1. The monoisotopic (exact) mass is 304 g/mol. The number of hydrogen-bond acceptors (Lipinski definition) is 5. The first-order valence-corrected chi connectivity index (χ1v) is 8.47. The fourth-order valence-electron chi connectivity index (χ4n) is 1.89. The van der Waals surface area contributed by atoms with Gasteiger partial charge in [-0.15, -0.1) is 0 Å². The first kappa shape index (κ1) is 14.4. The second-order valence-electron chi connectivity index (χ2n) is 4.14. The van der Waals surface area contributed by atoms with Gasteiger partial charge in [-0.1, -0.05) is 0 Å². The molecule has 2 heterocycles. The number of nitrogens with zero attached hydrogens (tertiary/aromatic N) is 3. The van der Waals surface area contributed by atoms with E-state index in [0.717, 1.165) is 0 Å². The average molecular weight is 304 g/mol. The largest absolute Gasteiger partial charge is 0.368 e. The Morgan fingerprint density at radius 3 is 2.95 bits per heavy atom. The molecule has 0 spiro atoms. The Kier molecular flexibility index (Phi) is 4.16. The number of amides is 1. The summed E-state index contributed by atoms with van der Waals surface area (Å²) < 4.78 is 27.7. The van der Waals surface area contributed by atoms with Crippen LogP contribution in [-0.2, 0) is 21.4 Å². The number of primary amides is 1. The van der Waals surface area contributed by atoms with Crippen LogP contribution in [0.2, 0.25) is 0 Å². The van der Waals surface area contributed by atoms with E-state index in [1.54, 1.807) is 0 Å². The maximum atomic E-state index is 12.5. The van der Waals surface area contributed by atoms with Gasteiger partial charge in [0.1, 0.15) is 10.9 Å². The molecule has 7 nitrogen and oxygen atoms in total. The van der Waals surface area contributed by atoms with Gasteiger partial charge in [-0.25, -0.2) is 8.42 Å². The van der Waals surface area contributed by atoms with Gasteiger partial charge >= 0.3 is 0 Å². The van der Waals surface area contributed by atoms with Crippen molar-refractivity contribution in [3.63, 3.8) is 0 Å². The van der Waals surface area contributed by atoms with Gasteiger partial charge in [-0.2, -0.15) is 21.2 Å². The molecule has 1 amide bonds. The Balaban J connectivity index is 2.34. The predicted octanol–water partition coefficient (Wildman–Crippen LogP) is -0.506. The molecule has 0 saturated carbocycles. The fraction of sp³-hybridized carbons (Fsp3) is 0.600. The van der Waals surface area contributed by atoms with E-state index in [9.17, 15) is 13.2 Å². The molecule has 0 aliphatic carbocycles. The van der Waals surface area contributed by atoms with Gasteiger partial charge in [0.25, 0.3) is 0 Å². The van der Waals surface area contributed by atoms with Crippen LogP contribution in [-0.4, -0.2) is 52.5 Å². The molecule has 1 aliphatic heterocycles. The van der Waals surface area contributed by atoms with Crippen molar-refractivity contribution in [2.45, 2.75) is 24.4 Å². The molecule has 106 valence electrons. The molecule has 19 heavy (non-hydrogen) atoms. The Morgan fingerprint density at radius 2 is 2.37 bits per heavy atom. The summed E-state index contributed by atoms with van der Waals surface area (Å²) in [6.45, 7) is 2.75. The standard InChI is InChI=1S/C10H16N4O3S2/c1-2-13-6-8(5-12-13)19(16,17)14-3-4-18-7-9(14)10(11)15/h5-6,9H,2-4,7H2,1H3,(H2,11,15). The third-order valence-corrected chi connectivity index (χ3v) is 5.83. The van der Waals surface area contributed by atoms with Crippen LogP contribution in [0.4, 0.5) is 0 Å². The van der Waals surface area contributed by atoms with Gasteiger partial charge in [0.2, 0.25) is 15.9 Å². The number of carbonyl (C=O) groups excluding carboxylic acids is 1. The second-order valence-corrected chi connectivity index (χ2v) is 7.18. The number of thioether (sulfide) groups is 1. The Hall–Kier alpha value is -1.06. The molecule has 0 radical (unpaired) electrons. The van der Waals surface area contributed by atoms with E-state index in [2.05, 4.69) is 5.10 Å². The molecule has 1 atom stereocenters. The second kappa shape index (κ2) is 5.51. The molecule has 2 rings (SSSR count). The summed E-state index contributed by atoms with van der Waals surface area (Å²) in [5.41, 5.74) is 5.28. The van der Waals surface area contributed by atoms with Crippen LogP contribution in [0.15, 0.2) is 17.3 Å². The van der Waals surface area contributed by atoms with Crippen molar-refractivity contribution in [2.24, 2.45) is 5.73 Å². The number of hydrogen-bond donors (Lipinski definition) is 1. The van der Waals surface area contributed by atoms with Crippen molar-refractivity contribution in [1.82, 2.24) is 14.1 Å². The van der Waals surface area contributed by atoms with E-state index in [-0.39, 0.29) is 11.4 Å². The average Bonchev–Trinajstić information content (AvgIpc) is 2.88. The lowest BCUT2D eigenvalue weighted by Crippen LogP contribution is -2.52. The quantitative estimate of drug-likeness (QED) is 0.808. The lowest BCUT2D eigenvalue weighted by atomic mass is 10.3. The topological polar surface area (TPSA) is 98.3 Å². The van der Waals surface area contributed by atoms with Crippen molar-refractivity contribution in [1.29, 1.82) is 0 Å². The number of carbonyl (C=O) groups is 1. The highest BCUT2D eigenvalue weighted by molar-refractivity contribution is 7.99. The zero-order valence-corrected chi connectivity index (χ0v) is 12.2. The Labute approximate surface area is 116 Å². The summed E-state index contributed by atoms with van der Waals surface area (Å²) in [6, 6.07) is -0.784. The summed E-state index contributed by atoms with van der Waals surface area (Å²) in [5, 5.41) is 3.96. The van der Waals surface area contributed by atoms with Crippen LogP contribution in [0.5, 0.6) is 0 Å². The molecule has 1 aromatic heterocycles. The first-order chi connectivity index (χ1) is 8.96. The molecule has 1 saturated heterocycles. The van der Waals surface area contributed by atoms with Gasteiger partial charge in [-0.05, 0) is 6.92 Å². The summed E-state index contributed by atoms with van der Waals surface area (Å²) in [6.07, 6.45) is 2.77. The third kappa shape index (κ3) is 2.77. The van der Waals surface area contributed by atoms with Gasteiger partial charge < -0.3 is 5.73 Å². The van der Waals surface area contributed by atoms with Crippen LogP contribution >= 0.6 is 11.8 Å². The van der Waals surface area contributed by atoms with Crippen molar-refractivity contribution in [3.05, 3.63) is 12.4 Å². The smallest absolute Gasteiger partial charge is 0.246 e. The van der Waals surface area contributed by atoms with E-state index in [4.69, 9.17) is 5.73 Å². The molecular weight excluding hydrogens is 288 g/mol. The maximum Gasteiger partial charge on any atom is 0.246 e. The molecule has 9 heteroatoms. The molecule has 1 fully saturated rings. The van der Waals surface area contributed by atoms with Gasteiger partial charge in [-0.3, -0.25) is 9.48 Å². The fourth-order valence-corrected chi connectivity index (χ4v) is 4.71. The lowest BCUT2D eigenvalue weighted by molar-refractivity contribution is -0.121. The molecule has 1 aliphatic rings. The zero-order valence-electron chi connectivity index (χ0n) is 10.5. The number of aryl methyl sites for hydroxylation is 1. The molecule has 1 unspecified atom stereocenters. The Morgan fingerprint density at radius 1 is 1.63 bits per heavy atom. The summed E-state index contributed by atoms with van der Waals surface area (Å²) in [4.78, 5) is 11.5. The van der Waals surface area contributed by atoms with Crippen LogP contribution in [0.25, 0.3) is 0 Å². The van der Waals surface area contributed by atoms with Crippen LogP contribution in [0, 0.1) is 0 Å². The summed E-state index contributed by atoms with van der Waals surface area (Å²) in [5.74, 6) is 0.445. The maximum absolute atomic E-state index is 12.5. The van der Waals surface area contributed by atoms with Crippen LogP contribution < -0.4 is 5.73 Å². The Bertz CT molecular complexity index is 569. The lowest BCUT2D eigenvalue weighted by Gasteiger charge is -2.31. The minimum absolute atomic E-state index is 0.104. The molecule has 0 aromatic carbocycles. The number of rotatable bonds is 4. The highest BCUT2D eigenvalue weighted by Gasteiger charge is 2.37. The van der Waals surface area contributed by atoms with E-state index in [1.165, 1.54) is 33.1 Å². The van der Waals surface area contributed by atoms with E-state index in [0.29, 0.717) is 18.1 Å². The SMILES string of the molecule is CCn1cc(S(=O)(=O)N2CCSCC2C(N)=O)cn1. The van der Waals surface area contributed by atoms with Crippen LogP contribution in [0.1, 0.15) is 6.92 Å². The normalized spacial score (nSPS) is 21.4. The van der Waals surface area contributed by atoms with Crippen molar-refractivity contribution >= 4 is 27.7 Å². The summed E-state index contributed by atoms with van der Waals surface area (Å²) >= 11 is 1.53. The number of nitrogens with two attached hydrogens (primary N) is 1. The van der Waals surface area contributed by atoms with E-state index >= 15 is 0 Å². The van der Waals surface area contributed by atoms with Gasteiger partial charge in [0, 0.05) is 30.8 Å². The van der Waals surface area contributed by atoms with Crippen molar-refractivity contribution < 1.29 is 13.2 Å². The summed E-state index contributed by atoms with van der Waals surface area (Å²) in [7, 11) is -3.71. The zero-order chi connectivity index (χ0) is 14.0. The van der Waals surface area contributed by atoms with E-state index in [1.807, 2.05) is 6.92 Å². The minimum atomic E-state index is -3.71. The van der Waals surface area contributed by atoms with Crippen molar-refractivity contribution in [2.75, 3.05) is 18.1 Å². The van der Waals surface area contributed by atoms with Gasteiger partial charge in [0.05, 0.1) is 6.20 Å². The molecule has 1 aromatic rings. The first-order valence-electron chi connectivity index (χ1n) is 5.88. The highest BCUT2D eigenvalue weighted by atomic mass is 32.2.